The minimum absolute atomic E-state index is 0.0646. The molecule has 0 saturated carbocycles. The molecule has 2 aromatic rings. The molecule has 1 N–H and O–H groups in total. The number of thiazole rings is 1. The van der Waals surface area contributed by atoms with Crippen LogP contribution in [0.2, 0.25) is 5.02 Å². The molecule has 1 heterocycles. The predicted octanol–water partition coefficient (Wildman–Crippen LogP) is 4.44. The highest BCUT2D eigenvalue weighted by Gasteiger charge is 2.16. The van der Waals surface area contributed by atoms with E-state index in [1.165, 1.54) is 11.3 Å². The van der Waals surface area contributed by atoms with Crippen LogP contribution in [-0.2, 0) is 0 Å². The van der Waals surface area contributed by atoms with Crippen molar-refractivity contribution in [1.29, 1.82) is 0 Å². The molecule has 1 amide bonds. The van der Waals surface area contributed by atoms with Gasteiger partial charge in [0.1, 0.15) is 5.01 Å². The quantitative estimate of drug-likeness (QED) is 0.877. The normalized spacial score (nSPS) is 12.2. The van der Waals surface area contributed by atoms with Crippen LogP contribution in [0.25, 0.3) is 0 Å². The van der Waals surface area contributed by atoms with Gasteiger partial charge in [-0.2, -0.15) is 0 Å². The third-order valence-corrected chi connectivity index (χ3v) is 4.15. The lowest BCUT2D eigenvalue weighted by atomic mass is 10.1. The van der Waals surface area contributed by atoms with Gasteiger partial charge in [0.25, 0.3) is 5.91 Å². The molecule has 0 fully saturated rings. The minimum Gasteiger partial charge on any atom is -0.343 e. The SMILES string of the molecule is CCC(NC(=O)c1cc(Cl)cc(Br)c1)c1nccs1. The van der Waals surface area contributed by atoms with Crippen LogP contribution in [0.1, 0.15) is 34.8 Å². The van der Waals surface area contributed by atoms with Crippen LogP contribution >= 0.6 is 38.9 Å². The van der Waals surface area contributed by atoms with Crippen LogP contribution in [0.5, 0.6) is 0 Å². The smallest absolute Gasteiger partial charge is 0.251 e. The lowest BCUT2D eigenvalue weighted by Gasteiger charge is -2.14. The maximum absolute atomic E-state index is 12.2. The lowest BCUT2D eigenvalue weighted by Crippen LogP contribution is -2.28. The van der Waals surface area contributed by atoms with Crippen molar-refractivity contribution in [1.82, 2.24) is 10.3 Å². The molecule has 0 aliphatic rings. The second-order valence-electron chi connectivity index (χ2n) is 3.96. The average molecular weight is 360 g/mol. The van der Waals surface area contributed by atoms with E-state index in [1.807, 2.05) is 12.3 Å². The molecule has 2 rings (SSSR count). The zero-order valence-corrected chi connectivity index (χ0v) is 13.3. The van der Waals surface area contributed by atoms with Gasteiger partial charge >= 0.3 is 0 Å². The summed E-state index contributed by atoms with van der Waals surface area (Å²) in [6.45, 7) is 2.01. The number of carbonyl (C=O) groups is 1. The number of nitrogens with zero attached hydrogens (tertiary/aromatic N) is 1. The summed E-state index contributed by atoms with van der Waals surface area (Å²) in [5.41, 5.74) is 0.536. The molecule has 1 aromatic carbocycles. The monoisotopic (exact) mass is 358 g/mol. The Kier molecular flexibility index (Phi) is 4.96. The third-order valence-electron chi connectivity index (χ3n) is 2.59. The topological polar surface area (TPSA) is 42.0 Å². The van der Waals surface area contributed by atoms with E-state index in [0.29, 0.717) is 10.6 Å². The van der Waals surface area contributed by atoms with E-state index in [9.17, 15) is 4.79 Å². The van der Waals surface area contributed by atoms with Crippen LogP contribution < -0.4 is 5.32 Å². The summed E-state index contributed by atoms with van der Waals surface area (Å²) in [7, 11) is 0. The molecule has 0 aliphatic heterocycles. The molecular weight excluding hydrogens is 348 g/mol. The second-order valence-corrected chi connectivity index (χ2v) is 6.24. The molecule has 0 bridgehead atoms. The summed E-state index contributed by atoms with van der Waals surface area (Å²) >= 11 is 10.8. The fourth-order valence-corrected chi connectivity index (χ4v) is 3.30. The first-order valence-corrected chi connectivity index (χ1v) is 7.81. The Morgan fingerprint density at radius 1 is 1.53 bits per heavy atom. The Labute approximate surface area is 129 Å². The van der Waals surface area contributed by atoms with E-state index in [4.69, 9.17) is 11.6 Å². The fourth-order valence-electron chi connectivity index (χ4n) is 1.67. The fraction of sp³-hybridized carbons (Fsp3) is 0.231. The second kappa shape index (κ2) is 6.50. The predicted molar refractivity (Wildman–Crippen MR) is 81.8 cm³/mol. The van der Waals surface area contributed by atoms with E-state index >= 15 is 0 Å². The third kappa shape index (κ3) is 3.78. The van der Waals surface area contributed by atoms with Gasteiger partial charge in [0.15, 0.2) is 0 Å². The standard InChI is InChI=1S/C13H12BrClN2OS/c1-2-11(13-16-3-4-19-13)17-12(18)8-5-9(14)7-10(15)6-8/h3-7,11H,2H2,1H3,(H,17,18). The van der Waals surface area contributed by atoms with Crippen LogP contribution in [-0.4, -0.2) is 10.9 Å². The number of aromatic nitrogens is 1. The highest BCUT2D eigenvalue weighted by atomic mass is 79.9. The van der Waals surface area contributed by atoms with E-state index in [2.05, 4.69) is 26.2 Å². The Bertz CT molecular complexity index is 554. The number of rotatable bonds is 4. The van der Waals surface area contributed by atoms with Gasteiger partial charge < -0.3 is 5.32 Å². The van der Waals surface area contributed by atoms with Gasteiger partial charge in [-0.25, -0.2) is 4.98 Å². The van der Waals surface area contributed by atoms with E-state index < -0.39 is 0 Å². The van der Waals surface area contributed by atoms with Crippen molar-refractivity contribution in [3.8, 4) is 0 Å². The van der Waals surface area contributed by atoms with Gasteiger partial charge in [0.2, 0.25) is 0 Å². The summed E-state index contributed by atoms with van der Waals surface area (Å²) in [6, 6.07) is 5.08. The number of nitrogens with one attached hydrogen (secondary N) is 1. The molecule has 1 atom stereocenters. The van der Waals surface area contributed by atoms with Gasteiger partial charge in [-0.15, -0.1) is 11.3 Å². The van der Waals surface area contributed by atoms with Gasteiger partial charge in [0, 0.05) is 26.6 Å². The number of halogens is 2. The first-order chi connectivity index (χ1) is 9.10. The largest absolute Gasteiger partial charge is 0.343 e. The molecule has 1 aromatic heterocycles. The van der Waals surface area contributed by atoms with Crippen molar-refractivity contribution < 1.29 is 4.79 Å². The molecule has 0 radical (unpaired) electrons. The Morgan fingerprint density at radius 2 is 2.32 bits per heavy atom. The highest BCUT2D eigenvalue weighted by Crippen LogP contribution is 2.22. The van der Waals surface area contributed by atoms with Crippen LogP contribution in [0.15, 0.2) is 34.2 Å². The van der Waals surface area contributed by atoms with Gasteiger partial charge in [-0.3, -0.25) is 4.79 Å². The molecular formula is C13H12BrClN2OS. The van der Waals surface area contributed by atoms with Gasteiger partial charge in [0.05, 0.1) is 6.04 Å². The highest BCUT2D eigenvalue weighted by molar-refractivity contribution is 9.10. The number of benzene rings is 1. The molecule has 100 valence electrons. The summed E-state index contributed by atoms with van der Waals surface area (Å²) in [4.78, 5) is 16.4. The number of hydrogen-bond acceptors (Lipinski definition) is 3. The van der Waals surface area contributed by atoms with Gasteiger partial charge in [-0.1, -0.05) is 34.5 Å². The van der Waals surface area contributed by atoms with Crippen molar-refractivity contribution in [2.75, 3.05) is 0 Å². The first-order valence-electron chi connectivity index (χ1n) is 5.76. The lowest BCUT2D eigenvalue weighted by molar-refractivity contribution is 0.0935. The molecule has 6 heteroatoms. The molecule has 0 saturated heterocycles. The zero-order valence-electron chi connectivity index (χ0n) is 10.2. The van der Waals surface area contributed by atoms with Crippen molar-refractivity contribution in [3.63, 3.8) is 0 Å². The van der Waals surface area contributed by atoms with E-state index in [0.717, 1.165) is 15.9 Å². The van der Waals surface area contributed by atoms with Crippen molar-refractivity contribution in [2.45, 2.75) is 19.4 Å². The van der Waals surface area contributed by atoms with E-state index in [1.54, 1.807) is 24.4 Å². The Hall–Kier alpha value is -0.910. The summed E-state index contributed by atoms with van der Waals surface area (Å²) < 4.78 is 0.785. The van der Waals surface area contributed by atoms with Crippen LogP contribution in [0.3, 0.4) is 0 Å². The maximum atomic E-state index is 12.2. The molecule has 19 heavy (non-hydrogen) atoms. The Morgan fingerprint density at radius 3 is 2.89 bits per heavy atom. The van der Waals surface area contributed by atoms with Crippen LogP contribution in [0, 0.1) is 0 Å². The van der Waals surface area contributed by atoms with Crippen molar-refractivity contribution >= 4 is 44.8 Å². The summed E-state index contributed by atoms with van der Waals surface area (Å²) in [5.74, 6) is -0.148. The van der Waals surface area contributed by atoms with Gasteiger partial charge in [-0.05, 0) is 24.6 Å². The first kappa shape index (κ1) is 14.5. The number of carbonyl (C=O) groups excluding carboxylic acids is 1. The number of amides is 1. The van der Waals surface area contributed by atoms with Crippen molar-refractivity contribution in [2.24, 2.45) is 0 Å². The summed E-state index contributed by atoms with van der Waals surface area (Å²) in [6.07, 6.45) is 2.53. The molecule has 0 spiro atoms. The summed E-state index contributed by atoms with van der Waals surface area (Å²) in [5, 5.41) is 6.32. The maximum Gasteiger partial charge on any atom is 0.251 e. The molecule has 0 aliphatic carbocycles. The number of hydrogen-bond donors (Lipinski definition) is 1. The minimum atomic E-state index is -0.148. The zero-order chi connectivity index (χ0) is 13.8. The Balaban J connectivity index is 2.15. The van der Waals surface area contributed by atoms with Crippen LogP contribution in [0.4, 0.5) is 0 Å². The average Bonchev–Trinajstić information content (AvgIpc) is 2.88. The molecule has 3 nitrogen and oxygen atoms in total. The molecule has 1 unspecified atom stereocenters. The van der Waals surface area contributed by atoms with E-state index in [-0.39, 0.29) is 11.9 Å². The van der Waals surface area contributed by atoms with Crippen molar-refractivity contribution in [3.05, 3.63) is 49.8 Å².